The minimum Gasteiger partial charge on any atom is -0.379 e. The van der Waals surface area contributed by atoms with Crippen LogP contribution in [0.15, 0.2) is 4.99 Å². The molecule has 8 heteroatoms. The molecule has 0 bridgehead atoms. The molecule has 0 fully saturated rings. The fourth-order valence-electron chi connectivity index (χ4n) is 0.970. The normalized spacial score (nSPS) is 11.2. The summed E-state index contributed by atoms with van der Waals surface area (Å²) in [5.41, 5.74) is 5.17. The number of nitro groups is 1. The highest BCUT2D eigenvalue weighted by atomic mass is 32.2. The average molecular weight is 247 g/mol. The molecule has 0 amide bonds. The van der Waals surface area contributed by atoms with Crippen LogP contribution >= 0.6 is 11.8 Å². The van der Waals surface area contributed by atoms with Gasteiger partial charge in [0.05, 0.1) is 0 Å². The number of rotatable bonds is 7. The lowest BCUT2D eigenvalue weighted by Gasteiger charge is -2.05. The lowest BCUT2D eigenvalue weighted by Crippen LogP contribution is -2.31. The highest BCUT2D eigenvalue weighted by Gasteiger charge is 2.04. The van der Waals surface area contributed by atoms with Crippen molar-refractivity contribution in [2.24, 2.45) is 10.7 Å². The van der Waals surface area contributed by atoms with Crippen molar-refractivity contribution >= 4 is 22.8 Å². The van der Waals surface area contributed by atoms with E-state index in [1.54, 1.807) is 0 Å². The third-order valence-corrected chi connectivity index (χ3v) is 2.51. The molecule has 92 valence electrons. The number of nitrogens with zero attached hydrogens (tertiary/aromatic N) is 2. The molecule has 0 atom stereocenters. The van der Waals surface area contributed by atoms with E-state index in [9.17, 15) is 10.1 Å². The van der Waals surface area contributed by atoms with Crippen LogP contribution in [0.5, 0.6) is 0 Å². The summed E-state index contributed by atoms with van der Waals surface area (Å²) in [5.74, 6) is 1.19. The predicted octanol–water partition coefficient (Wildman–Crippen LogP) is 0.288. The summed E-state index contributed by atoms with van der Waals surface area (Å²) < 4.78 is 0. The van der Waals surface area contributed by atoms with Gasteiger partial charge >= 0.3 is 0 Å². The average Bonchev–Trinajstić information content (AvgIpc) is 2.20. The molecule has 0 radical (unpaired) electrons. The van der Waals surface area contributed by atoms with E-state index >= 15 is 0 Å². The van der Waals surface area contributed by atoms with Crippen LogP contribution in [0.25, 0.3) is 0 Å². The first-order chi connectivity index (χ1) is 7.56. The molecule has 0 aromatic carbocycles. The molecule has 16 heavy (non-hydrogen) atoms. The minimum atomic E-state index is -0.416. The van der Waals surface area contributed by atoms with Crippen molar-refractivity contribution in [1.82, 2.24) is 5.32 Å². The Balaban J connectivity index is 3.49. The molecule has 0 aromatic heterocycles. The van der Waals surface area contributed by atoms with Crippen molar-refractivity contribution in [1.29, 1.82) is 5.41 Å². The third kappa shape index (κ3) is 9.25. The van der Waals surface area contributed by atoms with Crippen molar-refractivity contribution in [2.75, 3.05) is 25.9 Å². The topological polar surface area (TPSA) is 117 Å². The molecule has 4 N–H and O–H groups in total. The van der Waals surface area contributed by atoms with Gasteiger partial charge < -0.3 is 11.1 Å². The largest absolute Gasteiger partial charge is 0.379 e. The summed E-state index contributed by atoms with van der Waals surface area (Å²) in [4.78, 5) is 13.6. The molecule has 0 heterocycles. The Hall–Kier alpha value is -1.31. The van der Waals surface area contributed by atoms with Crippen LogP contribution < -0.4 is 11.1 Å². The fraction of sp³-hybridized carbons (Fsp3) is 0.750. The number of thioether (sulfide) groups is 1. The number of amidine groups is 2. The van der Waals surface area contributed by atoms with Gasteiger partial charge in [-0.3, -0.25) is 20.5 Å². The van der Waals surface area contributed by atoms with Crippen molar-refractivity contribution in [2.45, 2.75) is 12.8 Å². The van der Waals surface area contributed by atoms with E-state index in [1.807, 2.05) is 0 Å². The minimum absolute atomic E-state index is 0.122. The molecule has 0 aliphatic rings. The Morgan fingerprint density at radius 1 is 1.62 bits per heavy atom. The summed E-state index contributed by atoms with van der Waals surface area (Å²) in [6.07, 6.45) is 1.78. The Labute approximate surface area is 98.5 Å². The van der Waals surface area contributed by atoms with Gasteiger partial charge in [0, 0.05) is 24.3 Å². The van der Waals surface area contributed by atoms with Gasteiger partial charge in [-0.1, -0.05) is 11.8 Å². The van der Waals surface area contributed by atoms with Gasteiger partial charge in [-0.15, -0.1) is 0 Å². The fourth-order valence-corrected chi connectivity index (χ4v) is 1.54. The Kier molecular flexibility index (Phi) is 8.22. The molecule has 0 aliphatic carbocycles. The maximum atomic E-state index is 10.2. The maximum Gasteiger partial charge on any atom is 0.259 e. The zero-order chi connectivity index (χ0) is 12.4. The standard InChI is InChI=1S/C8H17N5O2S/c1-11-7(6-13(14)15)12-4-2-3-5-16-8(9)10/h2-6H2,1H3,(H3,9,10)(H,11,12). The predicted molar refractivity (Wildman–Crippen MR) is 66.8 cm³/mol. The van der Waals surface area contributed by atoms with Crippen LogP contribution in [0.2, 0.25) is 0 Å². The highest BCUT2D eigenvalue weighted by Crippen LogP contribution is 2.02. The molecule has 0 spiro atoms. The number of nitrogens with one attached hydrogen (secondary N) is 2. The molecule has 0 aliphatic heterocycles. The highest BCUT2D eigenvalue weighted by molar-refractivity contribution is 8.13. The van der Waals surface area contributed by atoms with E-state index in [0.29, 0.717) is 12.4 Å². The number of aliphatic imine (C=N–C) groups is 1. The van der Waals surface area contributed by atoms with E-state index in [0.717, 1.165) is 18.6 Å². The zero-order valence-electron chi connectivity index (χ0n) is 9.23. The van der Waals surface area contributed by atoms with Crippen LogP contribution in [-0.2, 0) is 0 Å². The van der Waals surface area contributed by atoms with Gasteiger partial charge in [-0.05, 0) is 12.8 Å². The van der Waals surface area contributed by atoms with Crippen LogP contribution in [-0.4, -0.2) is 41.8 Å². The maximum absolute atomic E-state index is 10.2. The third-order valence-electron chi connectivity index (χ3n) is 1.71. The van der Waals surface area contributed by atoms with Crippen molar-refractivity contribution in [3.05, 3.63) is 10.1 Å². The first-order valence-corrected chi connectivity index (χ1v) is 5.83. The Morgan fingerprint density at radius 3 is 2.81 bits per heavy atom. The molecule has 0 aromatic rings. The molecule has 7 nitrogen and oxygen atoms in total. The molecule has 0 saturated heterocycles. The van der Waals surface area contributed by atoms with E-state index in [-0.39, 0.29) is 11.7 Å². The van der Waals surface area contributed by atoms with E-state index in [4.69, 9.17) is 11.1 Å². The van der Waals surface area contributed by atoms with Crippen LogP contribution in [0.3, 0.4) is 0 Å². The van der Waals surface area contributed by atoms with Crippen LogP contribution in [0, 0.1) is 15.5 Å². The summed E-state index contributed by atoms with van der Waals surface area (Å²) >= 11 is 1.30. The zero-order valence-corrected chi connectivity index (χ0v) is 10.0. The second-order valence-electron chi connectivity index (χ2n) is 3.01. The second-order valence-corrected chi connectivity index (χ2v) is 4.14. The summed E-state index contributed by atoms with van der Waals surface area (Å²) in [6, 6.07) is 0. The van der Waals surface area contributed by atoms with Crippen molar-refractivity contribution in [3.8, 4) is 0 Å². The Morgan fingerprint density at radius 2 is 2.31 bits per heavy atom. The van der Waals surface area contributed by atoms with E-state index in [1.165, 1.54) is 18.8 Å². The SMILES string of the molecule is CN=C(C[N+](=O)[O-])NCCCCSC(=N)N. The first kappa shape index (κ1) is 14.7. The van der Waals surface area contributed by atoms with Crippen LogP contribution in [0.4, 0.5) is 0 Å². The number of hydrogen-bond acceptors (Lipinski definition) is 5. The van der Waals surface area contributed by atoms with Crippen LogP contribution in [0.1, 0.15) is 12.8 Å². The molecular formula is C8H17N5O2S. The monoisotopic (exact) mass is 247 g/mol. The molecular weight excluding hydrogens is 230 g/mol. The quantitative estimate of drug-likeness (QED) is 0.196. The number of unbranched alkanes of at least 4 members (excludes halogenated alkanes) is 1. The molecule has 0 unspecified atom stereocenters. The summed E-state index contributed by atoms with van der Waals surface area (Å²) in [7, 11) is 1.53. The van der Waals surface area contributed by atoms with E-state index in [2.05, 4.69) is 10.3 Å². The van der Waals surface area contributed by atoms with Gasteiger partial charge in [-0.2, -0.15) is 0 Å². The smallest absolute Gasteiger partial charge is 0.259 e. The Bertz CT molecular complexity index is 269. The van der Waals surface area contributed by atoms with Gasteiger partial charge in [0.1, 0.15) is 0 Å². The molecule has 0 rings (SSSR count). The van der Waals surface area contributed by atoms with Crippen molar-refractivity contribution in [3.63, 3.8) is 0 Å². The lowest BCUT2D eigenvalue weighted by atomic mass is 10.3. The van der Waals surface area contributed by atoms with Gasteiger partial charge in [0.25, 0.3) is 6.54 Å². The number of nitrogens with two attached hydrogens (primary N) is 1. The molecule has 0 saturated carbocycles. The van der Waals surface area contributed by atoms with Gasteiger partial charge in [0.15, 0.2) is 11.0 Å². The second kappa shape index (κ2) is 8.96. The van der Waals surface area contributed by atoms with Gasteiger partial charge in [0.2, 0.25) is 0 Å². The van der Waals surface area contributed by atoms with Gasteiger partial charge in [-0.25, -0.2) is 0 Å². The number of hydrogen-bond donors (Lipinski definition) is 3. The lowest BCUT2D eigenvalue weighted by molar-refractivity contribution is -0.463. The summed E-state index contributed by atoms with van der Waals surface area (Å²) in [6.45, 7) is 0.387. The van der Waals surface area contributed by atoms with E-state index < -0.39 is 4.92 Å². The first-order valence-electron chi connectivity index (χ1n) is 4.84. The van der Waals surface area contributed by atoms with Crippen molar-refractivity contribution < 1.29 is 4.92 Å². The summed E-state index contributed by atoms with van der Waals surface area (Å²) in [5, 5.41) is 20.2.